The van der Waals surface area contributed by atoms with Gasteiger partial charge >= 0.3 is 6.03 Å². The number of morpholine rings is 1. The molecule has 3 atom stereocenters. The third-order valence-corrected chi connectivity index (χ3v) is 5.79. The summed E-state index contributed by atoms with van der Waals surface area (Å²) in [5, 5.41) is 12.7. The van der Waals surface area contributed by atoms with Crippen LogP contribution in [0, 0.1) is 6.92 Å². The molecular formula is C17H28N2O3S. The lowest BCUT2D eigenvalue weighted by Crippen LogP contribution is -2.53. The van der Waals surface area contributed by atoms with Crippen molar-refractivity contribution < 1.29 is 14.6 Å². The van der Waals surface area contributed by atoms with Crippen LogP contribution in [0.15, 0.2) is 6.07 Å². The Balaban J connectivity index is 2.00. The van der Waals surface area contributed by atoms with E-state index in [-0.39, 0.29) is 18.1 Å². The number of ether oxygens (including phenoxy) is 1. The number of carbonyl (C=O) groups excluding carboxylic acids is 1. The Bertz CT molecular complexity index is 530. The first kappa shape index (κ1) is 18.2. The molecule has 23 heavy (non-hydrogen) atoms. The third kappa shape index (κ3) is 4.68. The molecule has 1 aromatic heterocycles. The van der Waals surface area contributed by atoms with E-state index in [2.05, 4.69) is 25.2 Å². The van der Waals surface area contributed by atoms with Gasteiger partial charge in [0.1, 0.15) is 0 Å². The average molecular weight is 340 g/mol. The number of nitrogens with one attached hydrogen (secondary N) is 1. The number of aliphatic hydroxyl groups excluding tert-OH is 1. The normalized spacial score (nSPS) is 21.1. The minimum atomic E-state index is -0.443. The van der Waals surface area contributed by atoms with Crippen molar-refractivity contribution in [3.63, 3.8) is 0 Å². The van der Waals surface area contributed by atoms with Crippen molar-refractivity contribution in [2.24, 2.45) is 0 Å². The van der Waals surface area contributed by atoms with Gasteiger partial charge in [0.05, 0.1) is 31.4 Å². The molecule has 1 saturated heterocycles. The molecular weight excluding hydrogens is 312 g/mol. The van der Waals surface area contributed by atoms with E-state index < -0.39 is 6.10 Å². The fraction of sp³-hybridized carbons (Fsp3) is 0.706. The minimum Gasteiger partial charge on any atom is -0.393 e. The standard InChI is InChI=1S/C17H28N2O3S/c1-5-15-11(2)8-16(23-15)13(4)18-17(21)19-6-7-22-10-14(19)9-12(3)20/h8,12-14,20H,5-7,9-10H2,1-4H3,(H,18,21)/t12-,13-,14-/m0/s1. The molecule has 2 N–H and O–H groups in total. The lowest BCUT2D eigenvalue weighted by atomic mass is 10.1. The van der Waals surface area contributed by atoms with Crippen LogP contribution < -0.4 is 5.32 Å². The van der Waals surface area contributed by atoms with E-state index in [4.69, 9.17) is 4.74 Å². The fourth-order valence-corrected chi connectivity index (χ4v) is 4.08. The first-order valence-electron chi connectivity index (χ1n) is 8.34. The second kappa shape index (κ2) is 8.13. The highest BCUT2D eigenvalue weighted by Gasteiger charge is 2.29. The lowest BCUT2D eigenvalue weighted by Gasteiger charge is -2.36. The predicted molar refractivity (Wildman–Crippen MR) is 93.0 cm³/mol. The Morgan fingerprint density at radius 1 is 1.57 bits per heavy atom. The summed E-state index contributed by atoms with van der Waals surface area (Å²) in [6.45, 7) is 9.65. The van der Waals surface area contributed by atoms with E-state index in [1.807, 2.05) is 6.92 Å². The summed E-state index contributed by atoms with van der Waals surface area (Å²) in [6.07, 6.45) is 1.12. The van der Waals surface area contributed by atoms with Gasteiger partial charge in [-0.15, -0.1) is 11.3 Å². The van der Waals surface area contributed by atoms with Gasteiger partial charge in [-0.25, -0.2) is 4.79 Å². The Hall–Kier alpha value is -1.11. The first-order valence-corrected chi connectivity index (χ1v) is 9.16. The summed E-state index contributed by atoms with van der Waals surface area (Å²) >= 11 is 1.77. The number of carbonyl (C=O) groups is 1. The highest BCUT2D eigenvalue weighted by atomic mass is 32.1. The number of nitrogens with zero attached hydrogens (tertiary/aromatic N) is 1. The first-order chi connectivity index (χ1) is 10.9. The van der Waals surface area contributed by atoms with Crippen LogP contribution in [0.2, 0.25) is 0 Å². The number of hydrogen-bond donors (Lipinski definition) is 2. The van der Waals surface area contributed by atoms with Gasteiger partial charge in [0, 0.05) is 16.3 Å². The fourth-order valence-electron chi connectivity index (χ4n) is 2.96. The summed E-state index contributed by atoms with van der Waals surface area (Å²) in [7, 11) is 0. The van der Waals surface area contributed by atoms with Crippen molar-refractivity contribution in [1.82, 2.24) is 10.2 Å². The monoisotopic (exact) mass is 340 g/mol. The van der Waals surface area contributed by atoms with E-state index in [0.717, 1.165) is 6.42 Å². The molecule has 1 fully saturated rings. The van der Waals surface area contributed by atoms with Crippen molar-refractivity contribution in [3.8, 4) is 0 Å². The molecule has 0 spiro atoms. The molecule has 6 heteroatoms. The SMILES string of the molecule is CCc1sc([C@H](C)NC(=O)N2CCOC[C@@H]2C[C@H](C)O)cc1C. The number of hydrogen-bond acceptors (Lipinski definition) is 4. The maximum absolute atomic E-state index is 12.6. The van der Waals surface area contributed by atoms with Crippen LogP contribution in [-0.4, -0.2) is 47.9 Å². The van der Waals surface area contributed by atoms with Crippen LogP contribution in [0.3, 0.4) is 0 Å². The van der Waals surface area contributed by atoms with Crippen LogP contribution in [-0.2, 0) is 11.2 Å². The Morgan fingerprint density at radius 3 is 2.91 bits per heavy atom. The van der Waals surface area contributed by atoms with E-state index in [0.29, 0.717) is 26.2 Å². The maximum atomic E-state index is 12.6. The maximum Gasteiger partial charge on any atom is 0.318 e. The molecule has 1 aliphatic heterocycles. The van der Waals surface area contributed by atoms with Crippen LogP contribution in [0.5, 0.6) is 0 Å². The van der Waals surface area contributed by atoms with Gasteiger partial charge in [0.2, 0.25) is 0 Å². The summed E-state index contributed by atoms with van der Waals surface area (Å²) < 4.78 is 5.46. The topological polar surface area (TPSA) is 61.8 Å². The molecule has 0 unspecified atom stereocenters. The van der Waals surface area contributed by atoms with E-state index in [1.54, 1.807) is 23.2 Å². The third-order valence-electron chi connectivity index (χ3n) is 4.23. The number of rotatable bonds is 5. The smallest absolute Gasteiger partial charge is 0.318 e. The molecule has 2 heterocycles. The quantitative estimate of drug-likeness (QED) is 0.866. The molecule has 2 rings (SSSR count). The zero-order chi connectivity index (χ0) is 17.0. The zero-order valence-electron chi connectivity index (χ0n) is 14.5. The van der Waals surface area contributed by atoms with Crippen LogP contribution in [0.25, 0.3) is 0 Å². The van der Waals surface area contributed by atoms with Gasteiger partial charge in [-0.2, -0.15) is 0 Å². The summed E-state index contributed by atoms with van der Waals surface area (Å²) in [6, 6.07) is 2.02. The van der Waals surface area contributed by atoms with Gasteiger partial charge in [-0.3, -0.25) is 0 Å². The molecule has 1 aromatic rings. The van der Waals surface area contributed by atoms with Crippen LogP contribution in [0.1, 0.15) is 48.6 Å². The van der Waals surface area contributed by atoms with Crippen LogP contribution in [0.4, 0.5) is 4.79 Å². The van der Waals surface area contributed by atoms with Crippen molar-refractivity contribution >= 4 is 17.4 Å². The van der Waals surface area contributed by atoms with Crippen molar-refractivity contribution in [2.45, 2.75) is 58.7 Å². The second-order valence-electron chi connectivity index (χ2n) is 6.29. The molecule has 0 aliphatic carbocycles. The molecule has 0 aromatic carbocycles. The van der Waals surface area contributed by atoms with Crippen LogP contribution >= 0.6 is 11.3 Å². The molecule has 0 bridgehead atoms. The van der Waals surface area contributed by atoms with Gasteiger partial charge in [0.25, 0.3) is 0 Å². The summed E-state index contributed by atoms with van der Waals surface area (Å²) in [5.74, 6) is 0. The number of urea groups is 1. The second-order valence-corrected chi connectivity index (χ2v) is 7.45. The molecule has 0 radical (unpaired) electrons. The predicted octanol–water partition coefficient (Wildman–Crippen LogP) is 2.86. The number of aliphatic hydroxyl groups is 1. The highest BCUT2D eigenvalue weighted by Crippen LogP contribution is 2.27. The van der Waals surface area contributed by atoms with E-state index in [9.17, 15) is 9.90 Å². The Labute approximate surface area is 142 Å². The largest absolute Gasteiger partial charge is 0.393 e. The van der Waals surface area contributed by atoms with Crippen molar-refractivity contribution in [3.05, 3.63) is 21.4 Å². The van der Waals surface area contributed by atoms with Crippen molar-refractivity contribution in [1.29, 1.82) is 0 Å². The number of aryl methyl sites for hydroxylation is 2. The van der Waals surface area contributed by atoms with Gasteiger partial charge in [0.15, 0.2) is 0 Å². The lowest BCUT2D eigenvalue weighted by molar-refractivity contribution is -0.00472. The van der Waals surface area contributed by atoms with E-state index >= 15 is 0 Å². The number of thiophene rings is 1. The number of amides is 2. The Morgan fingerprint density at radius 2 is 2.30 bits per heavy atom. The zero-order valence-corrected chi connectivity index (χ0v) is 15.3. The summed E-state index contributed by atoms with van der Waals surface area (Å²) in [4.78, 5) is 17.0. The van der Waals surface area contributed by atoms with Crippen molar-refractivity contribution in [2.75, 3.05) is 19.8 Å². The van der Waals surface area contributed by atoms with Gasteiger partial charge in [-0.05, 0) is 45.2 Å². The molecule has 130 valence electrons. The molecule has 2 amide bonds. The summed E-state index contributed by atoms with van der Waals surface area (Å²) in [5.41, 5.74) is 1.30. The van der Waals surface area contributed by atoms with E-state index in [1.165, 1.54) is 15.3 Å². The molecule has 0 saturated carbocycles. The highest BCUT2D eigenvalue weighted by molar-refractivity contribution is 7.12. The Kier molecular flexibility index (Phi) is 6.44. The average Bonchev–Trinajstić information content (AvgIpc) is 2.88. The molecule has 5 nitrogen and oxygen atoms in total. The van der Waals surface area contributed by atoms with Gasteiger partial charge < -0.3 is 20.1 Å². The van der Waals surface area contributed by atoms with Gasteiger partial charge in [-0.1, -0.05) is 6.92 Å². The molecule has 1 aliphatic rings. The minimum absolute atomic E-state index is 0.0125.